The minimum Gasteiger partial charge on any atom is -0.508 e. The summed E-state index contributed by atoms with van der Waals surface area (Å²) >= 11 is 1.55. The Morgan fingerprint density at radius 1 is 1.13 bits per heavy atom. The van der Waals surface area contributed by atoms with E-state index < -0.39 is 5.60 Å². The lowest BCUT2D eigenvalue weighted by Crippen LogP contribution is -2.40. The van der Waals surface area contributed by atoms with Crippen LogP contribution in [-0.4, -0.2) is 65.2 Å². The fourth-order valence-electron chi connectivity index (χ4n) is 3.88. The fraction of sp³-hybridized carbons (Fsp3) is 0.391. The Morgan fingerprint density at radius 2 is 1.94 bits per heavy atom. The number of aliphatic hydroxyl groups is 1. The van der Waals surface area contributed by atoms with Crippen molar-refractivity contribution in [1.82, 2.24) is 15.3 Å². The number of aromatic hydroxyl groups is 1. The van der Waals surface area contributed by atoms with Crippen LogP contribution in [0.3, 0.4) is 0 Å². The second-order valence-electron chi connectivity index (χ2n) is 7.88. The molecule has 160 valence electrons. The number of ether oxygens (including phenoxy) is 1. The van der Waals surface area contributed by atoms with Crippen LogP contribution in [0.2, 0.25) is 0 Å². The number of hydrogen-bond acceptors (Lipinski definition) is 8. The van der Waals surface area contributed by atoms with Gasteiger partial charge < -0.3 is 25.2 Å². The average molecular weight is 437 g/mol. The van der Waals surface area contributed by atoms with Gasteiger partial charge in [-0.15, -0.1) is 11.3 Å². The molecule has 2 aliphatic rings. The molecular weight excluding hydrogens is 412 g/mol. The van der Waals surface area contributed by atoms with Gasteiger partial charge in [-0.05, 0) is 44.1 Å². The van der Waals surface area contributed by atoms with Gasteiger partial charge in [0.15, 0.2) is 11.6 Å². The molecule has 0 spiro atoms. The van der Waals surface area contributed by atoms with Crippen LogP contribution in [0.4, 0.5) is 5.82 Å². The van der Waals surface area contributed by atoms with E-state index in [2.05, 4.69) is 22.1 Å². The van der Waals surface area contributed by atoms with Crippen LogP contribution < -0.4 is 10.2 Å². The lowest BCUT2D eigenvalue weighted by molar-refractivity contribution is 0.0679. The number of fused-ring (bicyclic) bond motifs is 1. The first-order chi connectivity index (χ1) is 15.1. The van der Waals surface area contributed by atoms with Crippen LogP contribution in [0, 0.1) is 11.8 Å². The second kappa shape index (κ2) is 8.44. The molecule has 2 aliphatic heterocycles. The number of aromatic nitrogens is 2. The molecule has 2 aromatic heterocycles. The highest BCUT2D eigenvalue weighted by Gasteiger charge is 2.26. The van der Waals surface area contributed by atoms with Gasteiger partial charge in [0.1, 0.15) is 11.4 Å². The van der Waals surface area contributed by atoms with Crippen LogP contribution in [0.1, 0.15) is 17.7 Å². The predicted octanol–water partition coefficient (Wildman–Crippen LogP) is 2.37. The smallest absolute Gasteiger partial charge is 0.162 e. The molecule has 31 heavy (non-hydrogen) atoms. The summed E-state index contributed by atoms with van der Waals surface area (Å²) in [5.74, 6) is 7.89. The van der Waals surface area contributed by atoms with Gasteiger partial charge in [0.25, 0.3) is 0 Å². The SMILES string of the molecule is Oc1cccc(-c2nc(N3CCOCC3)c3sc(C#CC4(O)CCNCC4)cc3n2)c1. The van der Waals surface area contributed by atoms with Gasteiger partial charge in [0.05, 0.1) is 28.3 Å². The number of phenolic OH excluding ortho intramolecular Hbond substituents is 1. The molecule has 0 saturated carbocycles. The summed E-state index contributed by atoms with van der Waals surface area (Å²) in [6, 6.07) is 8.95. The van der Waals surface area contributed by atoms with Gasteiger partial charge in [-0.3, -0.25) is 0 Å². The minimum atomic E-state index is -0.938. The molecule has 0 amide bonds. The molecule has 0 aliphatic carbocycles. The first-order valence-electron chi connectivity index (χ1n) is 10.5. The maximum absolute atomic E-state index is 10.7. The summed E-state index contributed by atoms with van der Waals surface area (Å²) < 4.78 is 6.50. The summed E-state index contributed by atoms with van der Waals surface area (Å²) in [5, 5.41) is 23.9. The van der Waals surface area contributed by atoms with Crippen LogP contribution in [0.15, 0.2) is 30.3 Å². The molecule has 1 aromatic carbocycles. The highest BCUT2D eigenvalue weighted by Crippen LogP contribution is 2.34. The summed E-state index contributed by atoms with van der Waals surface area (Å²) in [7, 11) is 0. The average Bonchev–Trinajstić information content (AvgIpc) is 3.21. The monoisotopic (exact) mass is 436 g/mol. The van der Waals surface area contributed by atoms with Crippen molar-refractivity contribution in [2.24, 2.45) is 0 Å². The van der Waals surface area contributed by atoms with Crippen LogP contribution in [0.25, 0.3) is 21.6 Å². The van der Waals surface area contributed by atoms with E-state index in [9.17, 15) is 10.2 Å². The quantitative estimate of drug-likeness (QED) is 0.531. The highest BCUT2D eigenvalue weighted by molar-refractivity contribution is 7.20. The van der Waals surface area contributed by atoms with Gasteiger partial charge in [0.2, 0.25) is 0 Å². The van der Waals surface area contributed by atoms with E-state index in [1.807, 2.05) is 12.1 Å². The van der Waals surface area contributed by atoms with Crippen molar-refractivity contribution >= 4 is 27.4 Å². The van der Waals surface area contributed by atoms with Gasteiger partial charge in [0, 0.05) is 18.7 Å². The first-order valence-corrected chi connectivity index (χ1v) is 11.3. The first kappa shape index (κ1) is 20.2. The van der Waals surface area contributed by atoms with Crippen molar-refractivity contribution in [3.8, 4) is 29.0 Å². The van der Waals surface area contributed by atoms with Gasteiger partial charge in [-0.2, -0.15) is 0 Å². The van der Waals surface area contributed by atoms with E-state index in [1.165, 1.54) is 0 Å². The maximum atomic E-state index is 10.7. The number of morpholine rings is 1. The van der Waals surface area contributed by atoms with Crippen LogP contribution in [0.5, 0.6) is 5.75 Å². The molecule has 0 unspecified atom stereocenters. The van der Waals surface area contributed by atoms with Crippen molar-refractivity contribution in [3.63, 3.8) is 0 Å². The Balaban J connectivity index is 1.58. The molecule has 0 bridgehead atoms. The highest BCUT2D eigenvalue weighted by atomic mass is 32.1. The third kappa shape index (κ3) is 4.36. The molecule has 7 nitrogen and oxygen atoms in total. The number of anilines is 1. The predicted molar refractivity (Wildman–Crippen MR) is 121 cm³/mol. The Bertz CT molecular complexity index is 1150. The van der Waals surface area contributed by atoms with E-state index >= 15 is 0 Å². The molecule has 3 N–H and O–H groups in total. The molecule has 5 rings (SSSR count). The van der Waals surface area contributed by atoms with Gasteiger partial charge in [-0.25, -0.2) is 9.97 Å². The van der Waals surface area contributed by atoms with Crippen molar-refractivity contribution < 1.29 is 14.9 Å². The zero-order valence-electron chi connectivity index (χ0n) is 17.1. The maximum Gasteiger partial charge on any atom is 0.162 e. The second-order valence-corrected chi connectivity index (χ2v) is 8.93. The topological polar surface area (TPSA) is 90.7 Å². The van der Waals surface area contributed by atoms with E-state index in [4.69, 9.17) is 14.7 Å². The molecule has 2 fully saturated rings. The number of nitrogens with one attached hydrogen (secondary N) is 1. The number of benzene rings is 1. The third-order valence-electron chi connectivity index (χ3n) is 5.62. The van der Waals surface area contributed by atoms with Crippen molar-refractivity contribution in [1.29, 1.82) is 0 Å². The molecule has 8 heteroatoms. The summed E-state index contributed by atoms with van der Waals surface area (Å²) in [6.45, 7) is 4.39. The van der Waals surface area contributed by atoms with Crippen molar-refractivity contribution in [2.45, 2.75) is 18.4 Å². The summed E-state index contributed by atoms with van der Waals surface area (Å²) in [4.78, 5) is 12.7. The summed E-state index contributed by atoms with van der Waals surface area (Å²) in [6.07, 6.45) is 1.26. The van der Waals surface area contributed by atoms with Crippen LogP contribution >= 0.6 is 11.3 Å². The third-order valence-corrected chi connectivity index (χ3v) is 6.65. The Kier molecular flexibility index (Phi) is 5.50. The standard InChI is InChI=1S/C23H24N4O3S/c28-17-3-1-2-16(14-17)21-25-19-15-18(4-5-23(29)6-8-24-9-7-23)31-20(19)22(26-21)27-10-12-30-13-11-27/h1-3,14-15,24,28-29H,6-13H2. The van der Waals surface area contributed by atoms with E-state index in [0.29, 0.717) is 31.9 Å². The molecule has 0 atom stereocenters. The molecule has 4 heterocycles. The number of rotatable bonds is 2. The molecule has 0 radical (unpaired) electrons. The number of nitrogens with zero attached hydrogens (tertiary/aromatic N) is 3. The molecule has 3 aromatic rings. The van der Waals surface area contributed by atoms with Crippen LogP contribution in [-0.2, 0) is 4.74 Å². The lowest BCUT2D eigenvalue weighted by Gasteiger charge is -2.28. The summed E-state index contributed by atoms with van der Waals surface area (Å²) in [5.41, 5.74) is 0.646. The van der Waals surface area contributed by atoms with Gasteiger partial charge >= 0.3 is 0 Å². The minimum absolute atomic E-state index is 0.182. The Hall–Kier alpha value is -2.70. The van der Waals surface area contributed by atoms with Crippen molar-refractivity contribution in [3.05, 3.63) is 35.2 Å². The Labute approximate surface area is 184 Å². The molecule has 2 saturated heterocycles. The number of thiophene rings is 1. The Morgan fingerprint density at radius 3 is 2.71 bits per heavy atom. The van der Waals surface area contributed by atoms with E-state index in [0.717, 1.165) is 52.7 Å². The van der Waals surface area contributed by atoms with E-state index in [1.54, 1.807) is 29.5 Å². The van der Waals surface area contributed by atoms with E-state index in [-0.39, 0.29) is 5.75 Å². The lowest BCUT2D eigenvalue weighted by atomic mass is 9.93. The number of piperidine rings is 1. The molecular formula is C23H24N4O3S. The number of phenols is 1. The normalized spacial score (nSPS) is 18.5. The van der Waals surface area contributed by atoms with Crippen molar-refractivity contribution in [2.75, 3.05) is 44.3 Å². The number of hydrogen-bond donors (Lipinski definition) is 3. The largest absolute Gasteiger partial charge is 0.508 e. The zero-order chi connectivity index (χ0) is 21.3. The zero-order valence-corrected chi connectivity index (χ0v) is 17.9. The fourth-order valence-corrected chi connectivity index (χ4v) is 4.85. The van der Waals surface area contributed by atoms with Gasteiger partial charge in [-0.1, -0.05) is 24.0 Å².